The molecule has 1 heterocycles. The minimum Gasteiger partial charge on any atom is -0.466 e. The highest BCUT2D eigenvalue weighted by Crippen LogP contribution is 2.37. The number of ether oxygens (including phenoxy) is 1. The van der Waals surface area contributed by atoms with Gasteiger partial charge in [0.1, 0.15) is 23.6 Å². The van der Waals surface area contributed by atoms with Crippen LogP contribution in [-0.4, -0.2) is 17.8 Å². The van der Waals surface area contributed by atoms with Crippen molar-refractivity contribution in [1.29, 1.82) is 0 Å². The maximum absolute atomic E-state index is 13.4. The number of thioether (sulfide) groups is 1. The van der Waals surface area contributed by atoms with Gasteiger partial charge in [-0.3, -0.25) is 4.79 Å². The van der Waals surface area contributed by atoms with Crippen LogP contribution in [0.4, 0.5) is 4.39 Å². The summed E-state index contributed by atoms with van der Waals surface area (Å²) in [7, 11) is 0. The van der Waals surface area contributed by atoms with E-state index in [1.807, 2.05) is 13.8 Å². The van der Waals surface area contributed by atoms with E-state index < -0.39 is 0 Å². The fraction of sp³-hybridized carbons (Fsp3) is 0.400. The molecule has 3 nitrogen and oxygen atoms in total. The second kappa shape index (κ2) is 6.31. The van der Waals surface area contributed by atoms with Crippen LogP contribution in [0.25, 0.3) is 11.0 Å². The molecule has 1 aromatic heterocycles. The van der Waals surface area contributed by atoms with Gasteiger partial charge in [0.15, 0.2) is 0 Å². The first-order chi connectivity index (χ1) is 9.51. The molecule has 5 heteroatoms. The highest BCUT2D eigenvalue weighted by atomic mass is 32.2. The number of carbonyl (C=O) groups excluding carboxylic acids is 1. The monoisotopic (exact) mass is 296 g/mol. The molecular formula is C15H17FO3S. The molecule has 2 aromatic rings. The summed E-state index contributed by atoms with van der Waals surface area (Å²) in [6, 6.07) is 4.38. The van der Waals surface area contributed by atoms with Crippen molar-refractivity contribution >= 4 is 28.7 Å². The van der Waals surface area contributed by atoms with Crippen molar-refractivity contribution in [2.24, 2.45) is 0 Å². The number of esters is 1. The number of carbonyl (C=O) groups is 1. The molecule has 0 N–H and O–H groups in total. The van der Waals surface area contributed by atoms with Gasteiger partial charge in [0.2, 0.25) is 0 Å². The van der Waals surface area contributed by atoms with E-state index in [0.29, 0.717) is 28.6 Å². The Balaban J connectivity index is 2.43. The van der Waals surface area contributed by atoms with Crippen molar-refractivity contribution in [2.45, 2.75) is 37.3 Å². The Morgan fingerprint density at radius 1 is 1.45 bits per heavy atom. The summed E-state index contributed by atoms with van der Waals surface area (Å²) in [6.45, 7) is 6.17. The van der Waals surface area contributed by atoms with Crippen LogP contribution in [-0.2, 0) is 16.0 Å². The number of fused-ring (bicyclic) bond motifs is 1. The molecule has 0 saturated carbocycles. The van der Waals surface area contributed by atoms with E-state index in [1.54, 1.807) is 24.8 Å². The van der Waals surface area contributed by atoms with Gasteiger partial charge in [0, 0.05) is 10.6 Å². The molecule has 0 atom stereocenters. The molecule has 0 bridgehead atoms. The average molecular weight is 296 g/mol. The van der Waals surface area contributed by atoms with Crippen LogP contribution in [0.2, 0.25) is 0 Å². The Kier molecular flexibility index (Phi) is 4.70. The molecule has 0 unspecified atom stereocenters. The van der Waals surface area contributed by atoms with E-state index in [9.17, 15) is 9.18 Å². The molecular weight excluding hydrogens is 279 g/mol. The van der Waals surface area contributed by atoms with Crippen LogP contribution in [0.15, 0.2) is 27.5 Å². The van der Waals surface area contributed by atoms with Crippen LogP contribution in [0.1, 0.15) is 26.5 Å². The predicted octanol–water partition coefficient (Wildman–Crippen LogP) is 4.18. The standard InChI is InChI=1S/C15H17FO3S/c1-4-18-14(17)8-13-15(20-9(2)3)11-7-10(16)5-6-12(11)19-13/h5-7,9H,4,8H2,1-3H3. The summed E-state index contributed by atoms with van der Waals surface area (Å²) in [6.07, 6.45) is 0.0686. The first-order valence-electron chi connectivity index (χ1n) is 6.54. The number of furan rings is 1. The van der Waals surface area contributed by atoms with Crippen molar-refractivity contribution in [3.63, 3.8) is 0 Å². The molecule has 0 spiro atoms. The zero-order valence-electron chi connectivity index (χ0n) is 11.7. The van der Waals surface area contributed by atoms with Crippen molar-refractivity contribution in [3.8, 4) is 0 Å². The van der Waals surface area contributed by atoms with E-state index in [0.717, 1.165) is 4.90 Å². The largest absolute Gasteiger partial charge is 0.466 e. The molecule has 0 fully saturated rings. The molecule has 20 heavy (non-hydrogen) atoms. The van der Waals surface area contributed by atoms with Gasteiger partial charge in [-0.2, -0.15) is 0 Å². The van der Waals surface area contributed by atoms with Crippen LogP contribution < -0.4 is 0 Å². The Morgan fingerprint density at radius 2 is 2.20 bits per heavy atom. The van der Waals surface area contributed by atoms with Crippen LogP contribution in [0.3, 0.4) is 0 Å². The lowest BCUT2D eigenvalue weighted by Crippen LogP contribution is -2.07. The molecule has 0 aliphatic rings. The molecule has 2 rings (SSSR count). The van der Waals surface area contributed by atoms with Gasteiger partial charge in [-0.1, -0.05) is 13.8 Å². The fourth-order valence-corrected chi connectivity index (χ4v) is 2.93. The average Bonchev–Trinajstić information content (AvgIpc) is 2.67. The second-order valence-electron chi connectivity index (χ2n) is 4.64. The summed E-state index contributed by atoms with van der Waals surface area (Å²) in [5, 5.41) is 1.02. The summed E-state index contributed by atoms with van der Waals surface area (Å²) in [5.74, 6) is -0.105. The Bertz CT molecular complexity index is 619. The number of benzene rings is 1. The maximum Gasteiger partial charge on any atom is 0.313 e. The van der Waals surface area contributed by atoms with Gasteiger partial charge >= 0.3 is 5.97 Å². The molecule has 1 aromatic carbocycles. The molecule has 108 valence electrons. The Hall–Kier alpha value is -1.49. The number of halogens is 1. The third kappa shape index (κ3) is 3.33. The number of rotatable bonds is 5. The zero-order chi connectivity index (χ0) is 14.7. The first kappa shape index (κ1) is 14.9. The van der Waals surface area contributed by atoms with E-state index in [2.05, 4.69) is 0 Å². The van der Waals surface area contributed by atoms with Crippen LogP contribution >= 0.6 is 11.8 Å². The molecule has 0 radical (unpaired) electrons. The van der Waals surface area contributed by atoms with E-state index >= 15 is 0 Å². The number of hydrogen-bond donors (Lipinski definition) is 0. The van der Waals surface area contributed by atoms with Crippen molar-refractivity contribution < 1.29 is 18.3 Å². The van der Waals surface area contributed by atoms with Crippen LogP contribution in [0, 0.1) is 5.82 Å². The number of hydrogen-bond acceptors (Lipinski definition) is 4. The summed E-state index contributed by atoms with van der Waals surface area (Å²) in [4.78, 5) is 12.5. The Labute approximate surface area is 121 Å². The van der Waals surface area contributed by atoms with Gasteiger partial charge in [-0.25, -0.2) is 4.39 Å². The lowest BCUT2D eigenvalue weighted by Gasteiger charge is -2.05. The van der Waals surface area contributed by atoms with E-state index in [4.69, 9.17) is 9.15 Å². The summed E-state index contributed by atoms with van der Waals surface area (Å²) < 4.78 is 24.0. The quantitative estimate of drug-likeness (QED) is 0.613. The highest BCUT2D eigenvalue weighted by molar-refractivity contribution is 8.00. The van der Waals surface area contributed by atoms with Gasteiger partial charge in [0.05, 0.1) is 11.5 Å². The SMILES string of the molecule is CCOC(=O)Cc1oc2ccc(F)cc2c1SC(C)C. The third-order valence-corrected chi connectivity index (χ3v) is 3.79. The lowest BCUT2D eigenvalue weighted by molar-refractivity contribution is -0.142. The lowest BCUT2D eigenvalue weighted by atomic mass is 10.2. The minimum absolute atomic E-state index is 0.0686. The maximum atomic E-state index is 13.4. The van der Waals surface area contributed by atoms with E-state index in [1.165, 1.54) is 12.1 Å². The topological polar surface area (TPSA) is 39.4 Å². The normalized spacial score (nSPS) is 11.2. The fourth-order valence-electron chi connectivity index (χ4n) is 1.92. The molecule has 0 aliphatic carbocycles. The Morgan fingerprint density at radius 3 is 2.85 bits per heavy atom. The van der Waals surface area contributed by atoms with Gasteiger partial charge in [0.25, 0.3) is 0 Å². The van der Waals surface area contributed by atoms with E-state index in [-0.39, 0.29) is 18.2 Å². The smallest absolute Gasteiger partial charge is 0.313 e. The third-order valence-electron chi connectivity index (χ3n) is 2.64. The van der Waals surface area contributed by atoms with Gasteiger partial charge < -0.3 is 9.15 Å². The molecule has 0 aliphatic heterocycles. The first-order valence-corrected chi connectivity index (χ1v) is 7.42. The van der Waals surface area contributed by atoms with Gasteiger partial charge in [-0.15, -0.1) is 11.8 Å². The van der Waals surface area contributed by atoms with Gasteiger partial charge in [-0.05, 0) is 25.1 Å². The predicted molar refractivity (Wildman–Crippen MR) is 77.5 cm³/mol. The van der Waals surface area contributed by atoms with Crippen molar-refractivity contribution in [3.05, 3.63) is 29.8 Å². The van der Waals surface area contributed by atoms with Crippen molar-refractivity contribution in [2.75, 3.05) is 6.61 Å². The highest BCUT2D eigenvalue weighted by Gasteiger charge is 2.19. The molecule has 0 saturated heterocycles. The van der Waals surface area contributed by atoms with Crippen molar-refractivity contribution in [1.82, 2.24) is 0 Å². The summed E-state index contributed by atoms with van der Waals surface area (Å²) in [5.41, 5.74) is 0.592. The second-order valence-corrected chi connectivity index (χ2v) is 6.23. The zero-order valence-corrected chi connectivity index (χ0v) is 12.6. The molecule has 0 amide bonds. The minimum atomic E-state index is -0.336. The van der Waals surface area contributed by atoms with Crippen LogP contribution in [0.5, 0.6) is 0 Å². The summed E-state index contributed by atoms with van der Waals surface area (Å²) >= 11 is 1.56.